The van der Waals surface area contributed by atoms with Crippen LogP contribution in [0, 0.1) is 0 Å². The Balaban J connectivity index is 2.88. The Labute approximate surface area is 89.4 Å². The zero-order chi connectivity index (χ0) is 11.3. The molecule has 0 unspecified atom stereocenters. The van der Waals surface area contributed by atoms with Gasteiger partial charge in [-0.15, -0.1) is 0 Å². The van der Waals surface area contributed by atoms with Crippen molar-refractivity contribution < 1.29 is 13.2 Å². The predicted octanol–water partition coefficient (Wildman–Crippen LogP) is 0.0833. The minimum Gasteiger partial charge on any atom is -0.475 e. The van der Waals surface area contributed by atoms with Gasteiger partial charge in [0, 0.05) is 19.0 Å². The second-order valence-electron chi connectivity index (χ2n) is 3.03. The van der Waals surface area contributed by atoms with Crippen LogP contribution < -0.4 is 10.1 Å². The highest BCUT2D eigenvalue weighted by molar-refractivity contribution is 7.90. The van der Waals surface area contributed by atoms with Crippen molar-refractivity contribution in [1.29, 1.82) is 0 Å². The van der Waals surface area contributed by atoms with E-state index in [1.807, 2.05) is 0 Å². The lowest BCUT2D eigenvalue weighted by Crippen LogP contribution is -2.17. The molecule has 0 bridgehead atoms. The number of ether oxygens (including phenoxy) is 1. The monoisotopic (exact) mass is 230 g/mol. The van der Waals surface area contributed by atoms with E-state index in [4.69, 9.17) is 4.74 Å². The highest BCUT2D eigenvalue weighted by Gasteiger charge is 2.14. The topological polar surface area (TPSA) is 68.3 Å². The number of nitrogens with one attached hydrogen (secondary N) is 1. The van der Waals surface area contributed by atoms with Gasteiger partial charge in [-0.05, 0) is 19.2 Å². The van der Waals surface area contributed by atoms with E-state index in [1.165, 1.54) is 12.3 Å². The van der Waals surface area contributed by atoms with Crippen LogP contribution in [0.5, 0.6) is 5.88 Å². The number of rotatable bonds is 5. The summed E-state index contributed by atoms with van der Waals surface area (Å²) < 4.78 is 28.0. The molecule has 0 saturated carbocycles. The van der Waals surface area contributed by atoms with Crippen molar-refractivity contribution in [3.05, 3.63) is 18.3 Å². The molecule has 0 aliphatic rings. The van der Waals surface area contributed by atoms with Gasteiger partial charge in [-0.25, -0.2) is 13.4 Å². The minimum atomic E-state index is -3.28. The first-order valence-corrected chi connectivity index (χ1v) is 6.37. The van der Waals surface area contributed by atoms with Crippen LogP contribution in [0.2, 0.25) is 0 Å². The van der Waals surface area contributed by atoms with E-state index >= 15 is 0 Å². The van der Waals surface area contributed by atoms with Gasteiger partial charge in [0.15, 0.2) is 9.84 Å². The Morgan fingerprint density at radius 2 is 2.27 bits per heavy atom. The summed E-state index contributed by atoms with van der Waals surface area (Å²) in [4.78, 5) is 4.01. The van der Waals surface area contributed by atoms with Gasteiger partial charge in [-0.3, -0.25) is 0 Å². The van der Waals surface area contributed by atoms with Gasteiger partial charge < -0.3 is 10.1 Å². The summed E-state index contributed by atoms with van der Waals surface area (Å²) in [6.07, 6.45) is 2.64. The maximum atomic E-state index is 11.4. The van der Waals surface area contributed by atoms with Crippen molar-refractivity contribution in [2.45, 2.75) is 4.90 Å². The Morgan fingerprint density at radius 1 is 1.53 bits per heavy atom. The summed E-state index contributed by atoms with van der Waals surface area (Å²) in [5.74, 6) is 0.162. The van der Waals surface area contributed by atoms with Gasteiger partial charge >= 0.3 is 0 Å². The van der Waals surface area contributed by atoms with Gasteiger partial charge in [0.05, 0.1) is 0 Å². The van der Waals surface area contributed by atoms with E-state index in [0.29, 0.717) is 13.2 Å². The van der Waals surface area contributed by atoms with Crippen LogP contribution in [0.3, 0.4) is 0 Å². The van der Waals surface area contributed by atoms with Crippen LogP contribution in [0.25, 0.3) is 0 Å². The molecule has 0 radical (unpaired) electrons. The molecule has 1 aromatic heterocycles. The standard InChI is InChI=1S/C9H14N2O3S/c1-10-6-7-14-9-8(15(2,12)13)4-3-5-11-9/h3-5,10H,6-7H2,1-2H3. The van der Waals surface area contributed by atoms with Crippen molar-refractivity contribution in [3.63, 3.8) is 0 Å². The van der Waals surface area contributed by atoms with Crippen molar-refractivity contribution in [2.24, 2.45) is 0 Å². The maximum Gasteiger partial charge on any atom is 0.232 e. The number of nitrogens with zero attached hydrogens (tertiary/aromatic N) is 1. The van der Waals surface area contributed by atoms with Crippen molar-refractivity contribution in [2.75, 3.05) is 26.5 Å². The lowest BCUT2D eigenvalue weighted by atomic mass is 10.5. The Kier molecular flexibility index (Phi) is 4.05. The molecule has 0 spiro atoms. The molecular weight excluding hydrogens is 216 g/mol. The number of sulfone groups is 1. The van der Waals surface area contributed by atoms with Crippen LogP contribution in [-0.2, 0) is 9.84 Å². The fourth-order valence-electron chi connectivity index (χ4n) is 1.02. The lowest BCUT2D eigenvalue weighted by Gasteiger charge is -2.08. The molecule has 1 heterocycles. The molecular formula is C9H14N2O3S. The largest absolute Gasteiger partial charge is 0.475 e. The molecule has 1 N–H and O–H groups in total. The third-order valence-electron chi connectivity index (χ3n) is 1.73. The van der Waals surface area contributed by atoms with Gasteiger partial charge in [0.1, 0.15) is 11.5 Å². The second kappa shape index (κ2) is 5.09. The molecule has 0 fully saturated rings. The first-order chi connectivity index (χ1) is 7.05. The van der Waals surface area contributed by atoms with E-state index in [2.05, 4.69) is 10.3 Å². The quantitative estimate of drug-likeness (QED) is 0.726. The van der Waals surface area contributed by atoms with Gasteiger partial charge in [-0.1, -0.05) is 0 Å². The van der Waals surface area contributed by atoms with E-state index in [1.54, 1.807) is 13.1 Å². The van der Waals surface area contributed by atoms with E-state index in [0.717, 1.165) is 6.26 Å². The fraction of sp³-hybridized carbons (Fsp3) is 0.444. The first-order valence-electron chi connectivity index (χ1n) is 4.48. The number of pyridine rings is 1. The molecule has 84 valence electrons. The Morgan fingerprint density at radius 3 is 2.87 bits per heavy atom. The molecule has 1 aromatic rings. The highest BCUT2D eigenvalue weighted by Crippen LogP contribution is 2.19. The maximum absolute atomic E-state index is 11.4. The van der Waals surface area contributed by atoms with Crippen LogP contribution in [0.15, 0.2) is 23.2 Å². The van der Waals surface area contributed by atoms with E-state index in [-0.39, 0.29) is 10.8 Å². The Hall–Kier alpha value is -1.14. The highest BCUT2D eigenvalue weighted by atomic mass is 32.2. The van der Waals surface area contributed by atoms with E-state index in [9.17, 15) is 8.42 Å². The molecule has 6 heteroatoms. The summed E-state index contributed by atoms with van der Waals surface area (Å²) in [5.41, 5.74) is 0. The smallest absolute Gasteiger partial charge is 0.232 e. The van der Waals surface area contributed by atoms with Crippen LogP contribution in [0.1, 0.15) is 0 Å². The zero-order valence-corrected chi connectivity index (χ0v) is 9.54. The zero-order valence-electron chi connectivity index (χ0n) is 8.73. The minimum absolute atomic E-state index is 0.126. The Bertz CT molecular complexity index is 417. The van der Waals surface area contributed by atoms with E-state index < -0.39 is 9.84 Å². The van der Waals surface area contributed by atoms with Crippen molar-refractivity contribution >= 4 is 9.84 Å². The van der Waals surface area contributed by atoms with Crippen LogP contribution >= 0.6 is 0 Å². The lowest BCUT2D eigenvalue weighted by molar-refractivity contribution is 0.298. The predicted molar refractivity (Wildman–Crippen MR) is 56.8 cm³/mol. The first kappa shape index (κ1) is 11.9. The van der Waals surface area contributed by atoms with Crippen LogP contribution in [0.4, 0.5) is 0 Å². The fourth-order valence-corrected chi connectivity index (χ4v) is 1.77. The van der Waals surface area contributed by atoms with Gasteiger partial charge in [0.25, 0.3) is 0 Å². The third-order valence-corrected chi connectivity index (χ3v) is 2.84. The molecule has 0 aliphatic heterocycles. The molecule has 15 heavy (non-hydrogen) atoms. The number of aromatic nitrogens is 1. The number of hydrogen-bond donors (Lipinski definition) is 1. The summed E-state index contributed by atoms with van der Waals surface area (Å²) in [5, 5.41) is 2.89. The molecule has 0 aliphatic carbocycles. The summed E-state index contributed by atoms with van der Waals surface area (Å²) in [7, 11) is -1.49. The second-order valence-corrected chi connectivity index (χ2v) is 5.02. The van der Waals surface area contributed by atoms with Crippen molar-refractivity contribution in [1.82, 2.24) is 10.3 Å². The number of hydrogen-bond acceptors (Lipinski definition) is 5. The normalized spacial score (nSPS) is 11.3. The molecule has 0 atom stereocenters. The average molecular weight is 230 g/mol. The summed E-state index contributed by atoms with van der Waals surface area (Å²) in [6, 6.07) is 3.05. The SMILES string of the molecule is CNCCOc1ncccc1S(C)(=O)=O. The van der Waals surface area contributed by atoms with Crippen molar-refractivity contribution in [3.8, 4) is 5.88 Å². The molecule has 5 nitrogen and oxygen atoms in total. The summed E-state index contributed by atoms with van der Waals surface area (Å²) >= 11 is 0. The average Bonchev–Trinajstić information content (AvgIpc) is 2.17. The molecule has 0 amide bonds. The molecule has 0 aromatic carbocycles. The number of likely N-dealkylation sites (N-methyl/N-ethyl adjacent to an activating group) is 1. The molecule has 0 saturated heterocycles. The summed E-state index contributed by atoms with van der Waals surface area (Å²) in [6.45, 7) is 1.02. The van der Waals surface area contributed by atoms with Crippen LogP contribution in [-0.4, -0.2) is 39.9 Å². The van der Waals surface area contributed by atoms with Gasteiger partial charge in [0.2, 0.25) is 5.88 Å². The third kappa shape index (κ3) is 3.49. The molecule has 1 rings (SSSR count). The van der Waals surface area contributed by atoms with Gasteiger partial charge in [-0.2, -0.15) is 0 Å².